The van der Waals surface area contributed by atoms with Gasteiger partial charge in [-0.2, -0.15) is 0 Å². The molecule has 2 N–H and O–H groups in total. The van der Waals surface area contributed by atoms with Crippen LogP contribution in [-0.4, -0.2) is 5.78 Å². The van der Waals surface area contributed by atoms with Crippen LogP contribution in [0, 0.1) is 5.92 Å². The summed E-state index contributed by atoms with van der Waals surface area (Å²) in [5.74, 6) is 0.565. The van der Waals surface area contributed by atoms with Crippen LogP contribution >= 0.6 is 15.9 Å². The predicted octanol–water partition coefficient (Wildman–Crippen LogP) is 4.04. The average molecular weight is 284 g/mol. The zero-order valence-electron chi connectivity index (χ0n) is 9.79. The fourth-order valence-electron chi connectivity index (χ4n) is 1.79. The van der Waals surface area contributed by atoms with E-state index in [1.54, 1.807) is 12.1 Å². The maximum absolute atomic E-state index is 12.0. The van der Waals surface area contributed by atoms with E-state index in [0.29, 0.717) is 23.6 Å². The van der Waals surface area contributed by atoms with Crippen molar-refractivity contribution in [1.29, 1.82) is 0 Å². The molecule has 0 aromatic heterocycles. The Labute approximate surface area is 105 Å². The second-order valence-electron chi connectivity index (χ2n) is 4.25. The first-order valence-corrected chi connectivity index (χ1v) is 6.42. The molecule has 2 nitrogen and oxygen atoms in total. The largest absolute Gasteiger partial charge is 0.398 e. The number of nitrogens with two attached hydrogens (primary N) is 1. The molecule has 0 spiro atoms. The van der Waals surface area contributed by atoms with Gasteiger partial charge in [-0.3, -0.25) is 4.79 Å². The Balaban J connectivity index is 2.76. The van der Waals surface area contributed by atoms with E-state index in [-0.39, 0.29) is 5.78 Å². The van der Waals surface area contributed by atoms with Crippen LogP contribution in [0.3, 0.4) is 0 Å². The normalized spacial score (nSPS) is 12.4. The molecule has 0 saturated heterocycles. The summed E-state index contributed by atoms with van der Waals surface area (Å²) in [4.78, 5) is 12.0. The third-order valence-corrected chi connectivity index (χ3v) is 3.12. The lowest BCUT2D eigenvalue weighted by Gasteiger charge is -2.10. The van der Waals surface area contributed by atoms with Gasteiger partial charge in [-0.05, 0) is 24.1 Å². The summed E-state index contributed by atoms with van der Waals surface area (Å²) in [5.41, 5.74) is 7.00. The van der Waals surface area contributed by atoms with Crippen molar-refractivity contribution in [2.75, 3.05) is 5.73 Å². The van der Waals surface area contributed by atoms with Gasteiger partial charge in [-0.25, -0.2) is 0 Å². The molecule has 3 heteroatoms. The maximum Gasteiger partial charge on any atom is 0.165 e. The highest BCUT2D eigenvalue weighted by molar-refractivity contribution is 9.10. The van der Waals surface area contributed by atoms with Gasteiger partial charge in [0.15, 0.2) is 5.78 Å². The number of hydrogen-bond donors (Lipinski definition) is 1. The first kappa shape index (κ1) is 13.2. The molecule has 88 valence electrons. The van der Waals surface area contributed by atoms with Crippen molar-refractivity contribution in [3.63, 3.8) is 0 Å². The molecule has 0 radical (unpaired) electrons. The summed E-state index contributed by atoms with van der Waals surface area (Å²) in [5, 5.41) is 0. The molecule has 0 aliphatic rings. The number of hydrogen-bond acceptors (Lipinski definition) is 2. The Morgan fingerprint density at radius 3 is 2.81 bits per heavy atom. The van der Waals surface area contributed by atoms with E-state index < -0.39 is 0 Å². The second kappa shape index (κ2) is 6.04. The average Bonchev–Trinajstić information content (AvgIpc) is 2.21. The summed E-state index contributed by atoms with van der Waals surface area (Å²) in [7, 11) is 0. The fourth-order valence-corrected chi connectivity index (χ4v) is 2.15. The first-order valence-electron chi connectivity index (χ1n) is 5.62. The zero-order valence-corrected chi connectivity index (χ0v) is 11.4. The fraction of sp³-hybridized carbons (Fsp3) is 0.462. The van der Waals surface area contributed by atoms with Crippen LogP contribution in [-0.2, 0) is 0 Å². The van der Waals surface area contributed by atoms with E-state index in [1.807, 2.05) is 6.07 Å². The van der Waals surface area contributed by atoms with Crippen LogP contribution < -0.4 is 5.73 Å². The standard InChI is InChI=1S/C13H18BrNO/c1-3-4-9(2)7-13(16)11-8-10(14)5-6-12(11)15/h5-6,8-9H,3-4,7,15H2,1-2H3. The van der Waals surface area contributed by atoms with Crippen molar-refractivity contribution in [2.24, 2.45) is 5.92 Å². The monoisotopic (exact) mass is 283 g/mol. The molecule has 1 atom stereocenters. The summed E-state index contributed by atoms with van der Waals surface area (Å²) < 4.78 is 0.896. The molecule has 1 unspecified atom stereocenters. The molecule has 1 rings (SSSR count). The Morgan fingerprint density at radius 1 is 1.50 bits per heavy atom. The minimum Gasteiger partial charge on any atom is -0.398 e. The van der Waals surface area contributed by atoms with Gasteiger partial charge in [0.05, 0.1) is 0 Å². The van der Waals surface area contributed by atoms with Crippen molar-refractivity contribution < 1.29 is 4.79 Å². The highest BCUT2D eigenvalue weighted by atomic mass is 79.9. The lowest BCUT2D eigenvalue weighted by Crippen LogP contribution is -2.08. The highest BCUT2D eigenvalue weighted by Crippen LogP contribution is 2.22. The molecule has 16 heavy (non-hydrogen) atoms. The van der Waals surface area contributed by atoms with Gasteiger partial charge in [0.2, 0.25) is 0 Å². The van der Waals surface area contributed by atoms with Gasteiger partial charge in [0, 0.05) is 22.1 Å². The summed E-state index contributed by atoms with van der Waals surface area (Å²) >= 11 is 3.35. The van der Waals surface area contributed by atoms with E-state index in [1.165, 1.54) is 0 Å². The van der Waals surface area contributed by atoms with Gasteiger partial charge in [-0.1, -0.05) is 42.6 Å². The SMILES string of the molecule is CCCC(C)CC(=O)c1cc(Br)ccc1N. The number of rotatable bonds is 5. The molecule has 0 fully saturated rings. The van der Waals surface area contributed by atoms with Gasteiger partial charge >= 0.3 is 0 Å². The molecule has 0 heterocycles. The van der Waals surface area contributed by atoms with Gasteiger partial charge < -0.3 is 5.73 Å². The van der Waals surface area contributed by atoms with Crippen LogP contribution in [0.2, 0.25) is 0 Å². The predicted molar refractivity (Wildman–Crippen MR) is 71.6 cm³/mol. The van der Waals surface area contributed by atoms with Gasteiger partial charge in [0.1, 0.15) is 0 Å². The topological polar surface area (TPSA) is 43.1 Å². The summed E-state index contributed by atoms with van der Waals surface area (Å²) in [6.45, 7) is 4.24. The molecule has 0 saturated carbocycles. The van der Waals surface area contributed by atoms with E-state index in [0.717, 1.165) is 17.3 Å². The van der Waals surface area contributed by atoms with Crippen LogP contribution in [0.1, 0.15) is 43.5 Å². The number of halogens is 1. The molecule has 1 aromatic rings. The number of ketones is 1. The van der Waals surface area contributed by atoms with Crippen molar-refractivity contribution in [2.45, 2.75) is 33.1 Å². The minimum atomic E-state index is 0.139. The highest BCUT2D eigenvalue weighted by Gasteiger charge is 2.13. The number of anilines is 1. The Kier molecular flexibility index (Phi) is 5.00. The van der Waals surface area contributed by atoms with Crippen LogP contribution in [0.4, 0.5) is 5.69 Å². The lowest BCUT2D eigenvalue weighted by atomic mass is 9.95. The lowest BCUT2D eigenvalue weighted by molar-refractivity contribution is 0.0963. The van der Waals surface area contributed by atoms with E-state index in [4.69, 9.17) is 5.73 Å². The summed E-state index contributed by atoms with van der Waals surface area (Å²) in [6, 6.07) is 5.42. The number of Topliss-reactive ketones (excluding diaryl/α,β-unsaturated/α-hetero) is 1. The van der Waals surface area contributed by atoms with Crippen molar-refractivity contribution in [3.05, 3.63) is 28.2 Å². The van der Waals surface area contributed by atoms with Crippen LogP contribution in [0.15, 0.2) is 22.7 Å². The zero-order chi connectivity index (χ0) is 12.1. The molecule has 1 aromatic carbocycles. The molecule has 0 amide bonds. The second-order valence-corrected chi connectivity index (χ2v) is 5.17. The quantitative estimate of drug-likeness (QED) is 0.655. The minimum absolute atomic E-state index is 0.139. The Bertz CT molecular complexity index is 376. The molecule has 0 aliphatic heterocycles. The smallest absolute Gasteiger partial charge is 0.165 e. The van der Waals surface area contributed by atoms with Gasteiger partial charge in [0.25, 0.3) is 0 Å². The van der Waals surface area contributed by atoms with Crippen molar-refractivity contribution >= 4 is 27.4 Å². The molecular formula is C13H18BrNO. The maximum atomic E-state index is 12.0. The van der Waals surface area contributed by atoms with Crippen molar-refractivity contribution in [1.82, 2.24) is 0 Å². The number of carbonyl (C=O) groups excluding carboxylic acids is 1. The van der Waals surface area contributed by atoms with Crippen LogP contribution in [0.5, 0.6) is 0 Å². The number of carbonyl (C=O) groups is 1. The third kappa shape index (κ3) is 3.63. The first-order chi connectivity index (χ1) is 7.54. The Hall–Kier alpha value is -0.830. The Morgan fingerprint density at radius 2 is 2.19 bits per heavy atom. The van der Waals surface area contributed by atoms with Gasteiger partial charge in [-0.15, -0.1) is 0 Å². The third-order valence-electron chi connectivity index (χ3n) is 2.63. The number of benzene rings is 1. The molecule has 0 bridgehead atoms. The summed E-state index contributed by atoms with van der Waals surface area (Å²) in [6.07, 6.45) is 2.77. The van der Waals surface area contributed by atoms with E-state index in [2.05, 4.69) is 29.8 Å². The van der Waals surface area contributed by atoms with Crippen molar-refractivity contribution in [3.8, 4) is 0 Å². The van der Waals surface area contributed by atoms with Crippen LogP contribution in [0.25, 0.3) is 0 Å². The van der Waals surface area contributed by atoms with E-state index >= 15 is 0 Å². The van der Waals surface area contributed by atoms with E-state index in [9.17, 15) is 4.79 Å². The molecular weight excluding hydrogens is 266 g/mol. The number of nitrogen functional groups attached to an aromatic ring is 1. The molecule has 0 aliphatic carbocycles.